The lowest BCUT2D eigenvalue weighted by atomic mass is 10.1. The van der Waals surface area contributed by atoms with Crippen LogP contribution < -0.4 is 10.1 Å². The average Bonchev–Trinajstić information content (AvgIpc) is 2.46. The third-order valence-corrected chi connectivity index (χ3v) is 3.15. The van der Waals surface area contributed by atoms with E-state index >= 15 is 0 Å². The van der Waals surface area contributed by atoms with Crippen LogP contribution in [0.1, 0.15) is 11.1 Å². The maximum absolute atomic E-state index is 10.9. The second kappa shape index (κ2) is 6.13. The molecule has 110 valence electrons. The fraction of sp³-hybridized carbons (Fsp3) is 0.200. The Kier molecular flexibility index (Phi) is 4.27. The molecule has 0 aromatic heterocycles. The van der Waals surface area contributed by atoms with Gasteiger partial charge in [0.15, 0.2) is 11.5 Å². The maximum Gasteiger partial charge on any atom is 0.272 e. The molecule has 2 aromatic carbocycles. The summed E-state index contributed by atoms with van der Waals surface area (Å²) in [6.07, 6.45) is 0. The monoisotopic (exact) mass is 288 g/mol. The smallest absolute Gasteiger partial charge is 0.272 e. The summed E-state index contributed by atoms with van der Waals surface area (Å²) in [4.78, 5) is 10.5. The Morgan fingerprint density at radius 2 is 2.05 bits per heavy atom. The number of methoxy groups -OCH3 is 1. The minimum atomic E-state index is -0.391. The topological polar surface area (TPSA) is 84.6 Å². The Morgan fingerprint density at radius 3 is 2.67 bits per heavy atom. The van der Waals surface area contributed by atoms with Gasteiger partial charge in [0.25, 0.3) is 5.69 Å². The van der Waals surface area contributed by atoms with E-state index in [1.165, 1.54) is 7.11 Å². The van der Waals surface area contributed by atoms with Crippen molar-refractivity contribution in [1.29, 1.82) is 0 Å². The highest BCUT2D eigenvalue weighted by Crippen LogP contribution is 2.29. The van der Waals surface area contributed by atoms with Gasteiger partial charge < -0.3 is 15.2 Å². The van der Waals surface area contributed by atoms with Crippen molar-refractivity contribution < 1.29 is 14.8 Å². The van der Waals surface area contributed by atoms with Gasteiger partial charge in [-0.25, -0.2) is 0 Å². The number of hydrogen-bond donors (Lipinski definition) is 2. The van der Waals surface area contributed by atoms with Gasteiger partial charge in [0, 0.05) is 29.9 Å². The molecular formula is C15H16N2O4. The molecule has 0 saturated heterocycles. The summed E-state index contributed by atoms with van der Waals surface area (Å²) in [7, 11) is 1.48. The lowest BCUT2D eigenvalue weighted by Crippen LogP contribution is -2.01. The Labute approximate surface area is 122 Å². The first-order valence-corrected chi connectivity index (χ1v) is 6.36. The summed E-state index contributed by atoms with van der Waals surface area (Å²) in [5.41, 5.74) is 2.23. The first-order chi connectivity index (χ1) is 10.0. The van der Waals surface area contributed by atoms with Gasteiger partial charge in [0.2, 0.25) is 0 Å². The molecular weight excluding hydrogens is 272 g/mol. The van der Waals surface area contributed by atoms with Gasteiger partial charge in [-0.2, -0.15) is 0 Å². The number of anilines is 1. The summed E-state index contributed by atoms with van der Waals surface area (Å²) in [6.45, 7) is 2.13. The van der Waals surface area contributed by atoms with E-state index in [0.717, 1.165) is 5.56 Å². The lowest BCUT2D eigenvalue weighted by Gasteiger charge is -2.09. The molecule has 2 rings (SSSR count). The number of nitrogens with zero attached hydrogens (tertiary/aromatic N) is 1. The molecule has 0 unspecified atom stereocenters. The van der Waals surface area contributed by atoms with Crippen molar-refractivity contribution in [2.24, 2.45) is 0 Å². The summed E-state index contributed by atoms with van der Waals surface area (Å²) >= 11 is 0. The fourth-order valence-electron chi connectivity index (χ4n) is 1.97. The number of nitro benzene ring substituents is 1. The van der Waals surface area contributed by atoms with Crippen LogP contribution in [0.15, 0.2) is 36.4 Å². The zero-order valence-corrected chi connectivity index (χ0v) is 11.8. The Morgan fingerprint density at radius 1 is 1.29 bits per heavy atom. The SMILES string of the molecule is COc1ccc(NCc2ccc(C)c([N+](=O)[O-])c2)cc1O. The van der Waals surface area contributed by atoms with Crippen LogP contribution in [0, 0.1) is 17.0 Å². The number of hydrogen-bond acceptors (Lipinski definition) is 5. The van der Waals surface area contributed by atoms with Gasteiger partial charge >= 0.3 is 0 Å². The van der Waals surface area contributed by atoms with Crippen LogP contribution >= 0.6 is 0 Å². The van der Waals surface area contributed by atoms with Crippen LogP contribution in [0.25, 0.3) is 0 Å². The Balaban J connectivity index is 2.11. The minimum Gasteiger partial charge on any atom is -0.504 e. The molecule has 0 aliphatic heterocycles. The summed E-state index contributed by atoms with van der Waals surface area (Å²) in [5.74, 6) is 0.434. The third-order valence-electron chi connectivity index (χ3n) is 3.15. The van der Waals surface area contributed by atoms with Gasteiger partial charge in [-0.1, -0.05) is 12.1 Å². The number of phenolic OH excluding ortho intramolecular Hbond substituents is 1. The quantitative estimate of drug-likeness (QED) is 0.651. The average molecular weight is 288 g/mol. The molecule has 0 atom stereocenters. The predicted octanol–water partition coefficient (Wildman–Crippen LogP) is 3.23. The van der Waals surface area contributed by atoms with Crippen LogP contribution in [-0.4, -0.2) is 17.1 Å². The van der Waals surface area contributed by atoms with E-state index in [1.807, 2.05) is 6.07 Å². The van der Waals surface area contributed by atoms with Gasteiger partial charge in [-0.3, -0.25) is 10.1 Å². The van der Waals surface area contributed by atoms with Crippen LogP contribution in [0.4, 0.5) is 11.4 Å². The van der Waals surface area contributed by atoms with E-state index in [0.29, 0.717) is 23.5 Å². The number of phenols is 1. The molecule has 2 N–H and O–H groups in total. The highest BCUT2D eigenvalue weighted by Gasteiger charge is 2.11. The van der Waals surface area contributed by atoms with Crippen molar-refractivity contribution in [3.8, 4) is 11.5 Å². The van der Waals surface area contributed by atoms with Crippen molar-refractivity contribution in [2.45, 2.75) is 13.5 Å². The first-order valence-electron chi connectivity index (χ1n) is 6.36. The molecule has 0 fully saturated rings. The van der Waals surface area contributed by atoms with E-state index in [-0.39, 0.29) is 11.4 Å². The first kappa shape index (κ1) is 14.6. The number of ether oxygens (including phenoxy) is 1. The van der Waals surface area contributed by atoms with Gasteiger partial charge in [-0.05, 0) is 24.6 Å². The molecule has 21 heavy (non-hydrogen) atoms. The fourth-order valence-corrected chi connectivity index (χ4v) is 1.97. The number of rotatable bonds is 5. The Hall–Kier alpha value is -2.76. The molecule has 0 aliphatic rings. The van der Waals surface area contributed by atoms with E-state index in [4.69, 9.17) is 4.74 Å². The molecule has 0 bridgehead atoms. The molecule has 2 aromatic rings. The number of aryl methyl sites for hydroxylation is 1. The zero-order valence-electron chi connectivity index (χ0n) is 11.8. The zero-order chi connectivity index (χ0) is 15.4. The van der Waals surface area contributed by atoms with E-state index in [1.54, 1.807) is 37.3 Å². The van der Waals surface area contributed by atoms with Crippen molar-refractivity contribution in [1.82, 2.24) is 0 Å². The van der Waals surface area contributed by atoms with Gasteiger partial charge in [-0.15, -0.1) is 0 Å². The predicted molar refractivity (Wildman–Crippen MR) is 79.8 cm³/mol. The van der Waals surface area contributed by atoms with E-state index in [9.17, 15) is 15.2 Å². The number of nitrogens with one attached hydrogen (secondary N) is 1. The maximum atomic E-state index is 10.9. The molecule has 0 amide bonds. The third kappa shape index (κ3) is 3.42. The highest BCUT2D eigenvalue weighted by atomic mass is 16.6. The Bertz CT molecular complexity index is 671. The standard InChI is InChI=1S/C15H16N2O4/c1-10-3-4-11(7-13(10)17(19)20)9-16-12-5-6-15(21-2)14(18)8-12/h3-8,16,18H,9H2,1-2H3. The summed E-state index contributed by atoms with van der Waals surface area (Å²) in [6, 6.07) is 10.1. The van der Waals surface area contributed by atoms with Crippen LogP contribution in [-0.2, 0) is 6.54 Å². The molecule has 0 heterocycles. The second-order valence-corrected chi connectivity index (χ2v) is 4.62. The number of aromatic hydroxyl groups is 1. The van der Waals surface area contributed by atoms with Gasteiger partial charge in [0.1, 0.15) is 0 Å². The van der Waals surface area contributed by atoms with Crippen molar-refractivity contribution in [3.63, 3.8) is 0 Å². The van der Waals surface area contributed by atoms with Crippen LogP contribution in [0.3, 0.4) is 0 Å². The lowest BCUT2D eigenvalue weighted by molar-refractivity contribution is -0.385. The highest BCUT2D eigenvalue weighted by molar-refractivity contribution is 5.54. The molecule has 0 radical (unpaired) electrons. The largest absolute Gasteiger partial charge is 0.504 e. The molecule has 0 aliphatic carbocycles. The van der Waals surface area contributed by atoms with Crippen molar-refractivity contribution >= 4 is 11.4 Å². The molecule has 0 spiro atoms. The van der Waals surface area contributed by atoms with E-state index in [2.05, 4.69) is 5.32 Å². The van der Waals surface area contributed by atoms with Crippen LogP contribution in [0.5, 0.6) is 11.5 Å². The number of nitro groups is 1. The molecule has 6 heteroatoms. The molecule has 0 saturated carbocycles. The van der Waals surface area contributed by atoms with Crippen molar-refractivity contribution in [3.05, 3.63) is 57.6 Å². The van der Waals surface area contributed by atoms with Crippen LogP contribution in [0.2, 0.25) is 0 Å². The van der Waals surface area contributed by atoms with Gasteiger partial charge in [0.05, 0.1) is 12.0 Å². The summed E-state index contributed by atoms with van der Waals surface area (Å²) < 4.78 is 4.97. The van der Waals surface area contributed by atoms with Crippen molar-refractivity contribution in [2.75, 3.05) is 12.4 Å². The van der Waals surface area contributed by atoms with E-state index < -0.39 is 4.92 Å². The summed E-state index contributed by atoms with van der Waals surface area (Å²) in [5, 5.41) is 23.7. The number of benzene rings is 2. The normalized spacial score (nSPS) is 10.2. The minimum absolute atomic E-state index is 0.0392. The molecule has 6 nitrogen and oxygen atoms in total. The second-order valence-electron chi connectivity index (χ2n) is 4.62.